The van der Waals surface area contributed by atoms with Crippen LogP contribution in [0.3, 0.4) is 0 Å². The van der Waals surface area contributed by atoms with E-state index in [1.807, 2.05) is 13.0 Å². The van der Waals surface area contributed by atoms with E-state index in [2.05, 4.69) is 5.32 Å². The number of ether oxygens (including phenoxy) is 2. The van der Waals surface area contributed by atoms with Crippen molar-refractivity contribution in [1.82, 2.24) is 0 Å². The number of nitro groups is 1. The second-order valence-corrected chi connectivity index (χ2v) is 4.77. The number of para-hydroxylation sites is 2. The van der Waals surface area contributed by atoms with Gasteiger partial charge in [0.15, 0.2) is 18.1 Å². The second kappa shape index (κ2) is 7.26. The molecule has 0 unspecified atom stereocenters. The normalized spacial score (nSPS) is 10.0. The van der Waals surface area contributed by atoms with Crippen LogP contribution in [0.15, 0.2) is 42.5 Å². The zero-order chi connectivity index (χ0) is 16.8. The highest BCUT2D eigenvalue weighted by atomic mass is 16.6. The molecule has 2 aromatic carbocycles. The van der Waals surface area contributed by atoms with Gasteiger partial charge in [0.25, 0.3) is 11.6 Å². The molecule has 0 saturated heterocycles. The Morgan fingerprint density at radius 2 is 1.96 bits per heavy atom. The number of nitrogens with one attached hydrogen (secondary N) is 1. The number of hydrogen-bond donors (Lipinski definition) is 1. The lowest BCUT2D eigenvalue weighted by atomic mass is 10.2. The molecular formula is C16H16N2O5. The third kappa shape index (κ3) is 4.19. The first kappa shape index (κ1) is 16.3. The highest BCUT2D eigenvalue weighted by Gasteiger charge is 2.15. The van der Waals surface area contributed by atoms with Gasteiger partial charge in [-0.1, -0.05) is 18.2 Å². The largest absolute Gasteiger partial charge is 0.493 e. The van der Waals surface area contributed by atoms with Crippen molar-refractivity contribution in [2.75, 3.05) is 19.0 Å². The lowest BCUT2D eigenvalue weighted by Gasteiger charge is -2.11. The average molecular weight is 316 g/mol. The molecule has 7 heteroatoms. The molecule has 0 atom stereocenters. The van der Waals surface area contributed by atoms with E-state index in [-0.39, 0.29) is 18.0 Å². The van der Waals surface area contributed by atoms with Crippen molar-refractivity contribution in [3.05, 3.63) is 58.1 Å². The lowest BCUT2D eigenvalue weighted by molar-refractivity contribution is -0.383. The highest BCUT2D eigenvalue weighted by molar-refractivity contribution is 5.94. The summed E-state index contributed by atoms with van der Waals surface area (Å²) in [6.07, 6.45) is 0. The van der Waals surface area contributed by atoms with Crippen molar-refractivity contribution in [1.29, 1.82) is 0 Å². The van der Waals surface area contributed by atoms with E-state index in [1.165, 1.54) is 25.3 Å². The molecule has 1 amide bonds. The minimum absolute atomic E-state index is 0.127. The first-order valence-corrected chi connectivity index (χ1v) is 6.82. The van der Waals surface area contributed by atoms with Crippen LogP contribution in [-0.2, 0) is 4.79 Å². The quantitative estimate of drug-likeness (QED) is 0.653. The topological polar surface area (TPSA) is 90.7 Å². The summed E-state index contributed by atoms with van der Waals surface area (Å²) in [7, 11) is 1.51. The number of amides is 1. The van der Waals surface area contributed by atoms with Crippen molar-refractivity contribution < 1.29 is 19.2 Å². The fourth-order valence-electron chi connectivity index (χ4n) is 1.96. The van der Waals surface area contributed by atoms with Crippen LogP contribution in [0, 0.1) is 17.0 Å². The van der Waals surface area contributed by atoms with Crippen LogP contribution in [0.25, 0.3) is 0 Å². The smallest absolute Gasteiger partial charge is 0.292 e. The monoisotopic (exact) mass is 316 g/mol. The van der Waals surface area contributed by atoms with Crippen molar-refractivity contribution in [3.63, 3.8) is 0 Å². The fourth-order valence-corrected chi connectivity index (χ4v) is 1.96. The van der Waals surface area contributed by atoms with Crippen LogP contribution in [0.5, 0.6) is 11.5 Å². The number of carbonyl (C=O) groups is 1. The lowest BCUT2D eigenvalue weighted by Crippen LogP contribution is -2.20. The van der Waals surface area contributed by atoms with Gasteiger partial charge in [-0.15, -0.1) is 0 Å². The Morgan fingerprint density at radius 3 is 2.65 bits per heavy atom. The van der Waals surface area contributed by atoms with Gasteiger partial charge in [0.1, 0.15) is 5.69 Å². The molecule has 0 fully saturated rings. The van der Waals surface area contributed by atoms with Crippen molar-refractivity contribution in [2.45, 2.75) is 6.92 Å². The third-order valence-corrected chi connectivity index (χ3v) is 3.05. The third-order valence-electron chi connectivity index (χ3n) is 3.05. The molecule has 0 saturated carbocycles. The van der Waals surface area contributed by atoms with Gasteiger partial charge < -0.3 is 14.8 Å². The molecule has 1 N–H and O–H groups in total. The Labute approximate surface area is 133 Å². The van der Waals surface area contributed by atoms with Crippen LogP contribution in [0.4, 0.5) is 11.4 Å². The number of nitrogens with zero attached hydrogens (tertiary/aromatic N) is 1. The number of nitro benzene ring substituents is 1. The number of anilines is 1. The number of rotatable bonds is 6. The molecule has 2 rings (SSSR count). The van der Waals surface area contributed by atoms with Crippen molar-refractivity contribution in [2.24, 2.45) is 0 Å². The van der Waals surface area contributed by atoms with E-state index in [0.29, 0.717) is 11.5 Å². The van der Waals surface area contributed by atoms with Gasteiger partial charge in [-0.25, -0.2) is 0 Å². The van der Waals surface area contributed by atoms with E-state index < -0.39 is 10.8 Å². The van der Waals surface area contributed by atoms with Gasteiger partial charge in [0.2, 0.25) is 0 Å². The Morgan fingerprint density at radius 1 is 1.22 bits per heavy atom. The first-order valence-electron chi connectivity index (χ1n) is 6.82. The molecule has 120 valence electrons. The van der Waals surface area contributed by atoms with Crippen LogP contribution in [-0.4, -0.2) is 24.5 Å². The van der Waals surface area contributed by atoms with Gasteiger partial charge in [-0.3, -0.25) is 14.9 Å². The Kier molecular flexibility index (Phi) is 5.14. The predicted octanol–water partition coefficient (Wildman–Crippen LogP) is 2.93. The maximum atomic E-state index is 11.9. The first-order chi connectivity index (χ1) is 11.0. The van der Waals surface area contributed by atoms with Gasteiger partial charge in [-0.05, 0) is 30.7 Å². The van der Waals surface area contributed by atoms with E-state index in [4.69, 9.17) is 9.47 Å². The Bertz CT molecular complexity index is 730. The number of methoxy groups -OCH3 is 1. The number of aryl methyl sites for hydroxylation is 1. The number of benzene rings is 2. The number of carbonyl (C=O) groups excluding carboxylic acids is 1. The van der Waals surface area contributed by atoms with E-state index in [9.17, 15) is 14.9 Å². The molecule has 0 heterocycles. The summed E-state index contributed by atoms with van der Waals surface area (Å²) in [4.78, 5) is 22.3. The molecule has 7 nitrogen and oxygen atoms in total. The predicted molar refractivity (Wildman–Crippen MR) is 85.0 cm³/mol. The van der Waals surface area contributed by atoms with E-state index in [0.717, 1.165) is 5.56 Å². The molecule has 0 radical (unpaired) electrons. The van der Waals surface area contributed by atoms with Gasteiger partial charge in [-0.2, -0.15) is 0 Å². The molecule has 0 aliphatic carbocycles. The van der Waals surface area contributed by atoms with Crippen LogP contribution in [0.2, 0.25) is 0 Å². The van der Waals surface area contributed by atoms with Gasteiger partial charge >= 0.3 is 0 Å². The summed E-state index contributed by atoms with van der Waals surface area (Å²) >= 11 is 0. The average Bonchev–Trinajstić information content (AvgIpc) is 2.53. The minimum Gasteiger partial charge on any atom is -0.493 e. The van der Waals surface area contributed by atoms with Crippen LogP contribution < -0.4 is 14.8 Å². The zero-order valence-corrected chi connectivity index (χ0v) is 12.7. The molecule has 0 spiro atoms. The van der Waals surface area contributed by atoms with Crippen LogP contribution >= 0.6 is 0 Å². The zero-order valence-electron chi connectivity index (χ0n) is 12.7. The number of hydrogen-bond acceptors (Lipinski definition) is 5. The van der Waals surface area contributed by atoms with Crippen molar-refractivity contribution in [3.8, 4) is 11.5 Å². The Hall–Kier alpha value is -3.09. The summed E-state index contributed by atoms with van der Waals surface area (Å²) < 4.78 is 10.6. The molecule has 23 heavy (non-hydrogen) atoms. The molecule has 0 aliphatic heterocycles. The Balaban J connectivity index is 2.03. The SMILES string of the molecule is COc1cc(C)ccc1OCC(=O)Nc1ccccc1[N+](=O)[O-]. The van der Waals surface area contributed by atoms with E-state index >= 15 is 0 Å². The standard InChI is InChI=1S/C16H16N2O5/c1-11-7-8-14(15(9-11)22-2)23-10-16(19)17-12-5-3-4-6-13(12)18(20)21/h3-9H,10H2,1-2H3,(H,17,19). The molecular weight excluding hydrogens is 300 g/mol. The maximum Gasteiger partial charge on any atom is 0.292 e. The second-order valence-electron chi connectivity index (χ2n) is 4.77. The van der Waals surface area contributed by atoms with E-state index in [1.54, 1.807) is 18.2 Å². The molecule has 2 aromatic rings. The highest BCUT2D eigenvalue weighted by Crippen LogP contribution is 2.28. The summed E-state index contributed by atoms with van der Waals surface area (Å²) in [5.74, 6) is 0.446. The van der Waals surface area contributed by atoms with Crippen LogP contribution in [0.1, 0.15) is 5.56 Å². The molecule has 0 aromatic heterocycles. The van der Waals surface area contributed by atoms with Gasteiger partial charge in [0, 0.05) is 6.07 Å². The maximum absolute atomic E-state index is 11.9. The molecule has 0 bridgehead atoms. The summed E-state index contributed by atoms with van der Waals surface area (Å²) in [5.41, 5.74) is 0.953. The van der Waals surface area contributed by atoms with Crippen molar-refractivity contribution >= 4 is 17.3 Å². The minimum atomic E-state index is -0.556. The summed E-state index contributed by atoms with van der Waals surface area (Å²) in [6.45, 7) is 1.62. The fraction of sp³-hybridized carbons (Fsp3) is 0.188. The summed E-state index contributed by atoms with van der Waals surface area (Å²) in [5, 5.41) is 13.4. The summed E-state index contributed by atoms with van der Waals surface area (Å²) in [6, 6.07) is 11.2. The molecule has 0 aliphatic rings. The van der Waals surface area contributed by atoms with Gasteiger partial charge in [0.05, 0.1) is 12.0 Å².